The van der Waals surface area contributed by atoms with Gasteiger partial charge >= 0.3 is 12.0 Å². The summed E-state index contributed by atoms with van der Waals surface area (Å²) in [6, 6.07) is 6.68. The SMILES string of the molecule is Cc1ccc(NC(=O)N2N=CC[C@]2(C)C(=O)O)cc1. The quantitative estimate of drug-likeness (QED) is 0.854. The Morgan fingerprint density at radius 3 is 2.58 bits per heavy atom. The normalized spacial score (nSPS) is 21.5. The molecule has 0 aliphatic carbocycles. The highest BCUT2D eigenvalue weighted by atomic mass is 16.4. The second-order valence-electron chi connectivity index (χ2n) is 4.69. The van der Waals surface area contributed by atoms with Gasteiger partial charge in [0, 0.05) is 18.3 Å². The van der Waals surface area contributed by atoms with Gasteiger partial charge in [0.15, 0.2) is 5.54 Å². The lowest BCUT2D eigenvalue weighted by Gasteiger charge is -2.28. The van der Waals surface area contributed by atoms with Gasteiger partial charge in [0.25, 0.3) is 0 Å². The summed E-state index contributed by atoms with van der Waals surface area (Å²) in [5.41, 5.74) is 0.354. The molecule has 2 rings (SSSR count). The molecule has 0 saturated heterocycles. The largest absolute Gasteiger partial charge is 0.479 e. The average molecular weight is 261 g/mol. The van der Waals surface area contributed by atoms with Gasteiger partial charge in [0.05, 0.1) is 0 Å². The van der Waals surface area contributed by atoms with Crippen molar-refractivity contribution >= 4 is 23.9 Å². The number of rotatable bonds is 2. The van der Waals surface area contributed by atoms with E-state index in [0.29, 0.717) is 5.69 Å². The van der Waals surface area contributed by atoms with Gasteiger partial charge in [-0.05, 0) is 26.0 Å². The van der Waals surface area contributed by atoms with E-state index in [9.17, 15) is 14.7 Å². The molecule has 0 saturated carbocycles. The number of aliphatic carboxylic acids is 1. The molecule has 0 spiro atoms. The third-order valence-electron chi connectivity index (χ3n) is 3.11. The Kier molecular flexibility index (Phi) is 3.25. The fourth-order valence-electron chi connectivity index (χ4n) is 1.78. The van der Waals surface area contributed by atoms with E-state index in [-0.39, 0.29) is 6.42 Å². The van der Waals surface area contributed by atoms with Gasteiger partial charge in [0.2, 0.25) is 0 Å². The highest BCUT2D eigenvalue weighted by molar-refractivity contribution is 5.96. The maximum absolute atomic E-state index is 12.1. The average Bonchev–Trinajstić information content (AvgIpc) is 2.76. The highest BCUT2D eigenvalue weighted by Gasteiger charge is 2.45. The minimum Gasteiger partial charge on any atom is -0.479 e. The number of urea groups is 1. The number of nitrogens with one attached hydrogen (secondary N) is 1. The summed E-state index contributed by atoms with van der Waals surface area (Å²) in [5.74, 6) is -1.08. The summed E-state index contributed by atoms with van der Waals surface area (Å²) in [5, 5.41) is 16.6. The topological polar surface area (TPSA) is 82.0 Å². The van der Waals surface area contributed by atoms with Crippen LogP contribution in [0.3, 0.4) is 0 Å². The standard InChI is InChI=1S/C13H15N3O3/c1-9-3-5-10(6-4-9)15-12(19)16-13(2,11(17)18)7-8-14-16/h3-6,8H,7H2,1-2H3,(H,15,19)(H,17,18)/t13-/m1/s1. The van der Waals surface area contributed by atoms with Crippen LogP contribution in [0.15, 0.2) is 29.4 Å². The van der Waals surface area contributed by atoms with E-state index in [4.69, 9.17) is 0 Å². The van der Waals surface area contributed by atoms with Crippen LogP contribution in [0.4, 0.5) is 10.5 Å². The van der Waals surface area contributed by atoms with Gasteiger partial charge in [-0.15, -0.1) is 0 Å². The summed E-state index contributed by atoms with van der Waals surface area (Å²) in [4.78, 5) is 23.3. The van der Waals surface area contributed by atoms with Crippen molar-refractivity contribution in [1.82, 2.24) is 5.01 Å². The number of carboxylic acids is 1. The van der Waals surface area contributed by atoms with Crippen molar-refractivity contribution < 1.29 is 14.7 Å². The zero-order chi connectivity index (χ0) is 14.0. The smallest absolute Gasteiger partial charge is 0.343 e. The first-order valence-corrected chi connectivity index (χ1v) is 5.87. The molecule has 2 N–H and O–H groups in total. The lowest BCUT2D eigenvalue weighted by molar-refractivity contribution is -0.147. The van der Waals surface area contributed by atoms with E-state index in [1.54, 1.807) is 12.1 Å². The molecule has 6 heteroatoms. The molecule has 6 nitrogen and oxygen atoms in total. The predicted octanol–water partition coefficient (Wildman–Crippen LogP) is 2.06. The molecule has 0 unspecified atom stereocenters. The van der Waals surface area contributed by atoms with Crippen LogP contribution < -0.4 is 5.32 Å². The number of benzene rings is 1. The molecule has 1 aliphatic heterocycles. The third kappa shape index (κ3) is 2.42. The number of aryl methyl sites for hydroxylation is 1. The molecule has 1 aromatic rings. The molecule has 1 aromatic carbocycles. The fraction of sp³-hybridized carbons (Fsp3) is 0.308. The molecule has 100 valence electrons. The van der Waals surface area contributed by atoms with Crippen LogP contribution in [-0.4, -0.2) is 33.9 Å². The number of carbonyl (C=O) groups is 2. The summed E-state index contributed by atoms with van der Waals surface area (Å²) in [6.45, 7) is 3.41. The molecule has 0 radical (unpaired) electrons. The number of carboxylic acid groups (broad SMARTS) is 1. The molecule has 2 amide bonds. The van der Waals surface area contributed by atoms with Crippen LogP contribution in [0, 0.1) is 6.92 Å². The van der Waals surface area contributed by atoms with Crippen LogP contribution >= 0.6 is 0 Å². The van der Waals surface area contributed by atoms with Crippen LogP contribution in [0.25, 0.3) is 0 Å². The minimum absolute atomic E-state index is 0.198. The Hall–Kier alpha value is -2.37. The number of amides is 2. The first kappa shape index (κ1) is 13.1. The Labute approximate surface area is 110 Å². The molecule has 19 heavy (non-hydrogen) atoms. The molecule has 1 heterocycles. The van der Waals surface area contributed by atoms with E-state index >= 15 is 0 Å². The Morgan fingerprint density at radius 1 is 1.37 bits per heavy atom. The lowest BCUT2D eigenvalue weighted by Crippen LogP contribution is -2.51. The molecule has 1 aliphatic rings. The number of hydrazone groups is 1. The predicted molar refractivity (Wildman–Crippen MR) is 71.2 cm³/mol. The Balaban J connectivity index is 2.14. The summed E-state index contributed by atoms with van der Waals surface area (Å²) >= 11 is 0. The summed E-state index contributed by atoms with van der Waals surface area (Å²) in [6.07, 6.45) is 1.63. The van der Waals surface area contributed by atoms with Crippen molar-refractivity contribution in [3.8, 4) is 0 Å². The highest BCUT2D eigenvalue weighted by Crippen LogP contribution is 2.25. The van der Waals surface area contributed by atoms with Crippen molar-refractivity contribution in [3.63, 3.8) is 0 Å². The zero-order valence-corrected chi connectivity index (χ0v) is 10.8. The Bertz CT molecular complexity index is 539. The second kappa shape index (κ2) is 4.72. The maximum Gasteiger partial charge on any atom is 0.343 e. The molecule has 0 aromatic heterocycles. The number of carbonyl (C=O) groups excluding carboxylic acids is 1. The maximum atomic E-state index is 12.1. The van der Waals surface area contributed by atoms with Crippen LogP contribution in [0.2, 0.25) is 0 Å². The second-order valence-corrected chi connectivity index (χ2v) is 4.69. The fourth-order valence-corrected chi connectivity index (χ4v) is 1.78. The summed E-state index contributed by atoms with van der Waals surface area (Å²) < 4.78 is 0. The number of anilines is 1. The van der Waals surface area contributed by atoms with Gasteiger partial charge < -0.3 is 10.4 Å². The molecule has 0 fully saturated rings. The lowest BCUT2D eigenvalue weighted by atomic mass is 10.00. The van der Waals surface area contributed by atoms with Crippen molar-refractivity contribution in [2.75, 3.05) is 5.32 Å². The minimum atomic E-state index is -1.32. The monoisotopic (exact) mass is 261 g/mol. The number of hydrogen-bond acceptors (Lipinski definition) is 3. The van der Waals surface area contributed by atoms with E-state index < -0.39 is 17.5 Å². The van der Waals surface area contributed by atoms with E-state index in [2.05, 4.69) is 10.4 Å². The molecular weight excluding hydrogens is 246 g/mol. The number of hydrogen-bond donors (Lipinski definition) is 2. The van der Waals surface area contributed by atoms with Crippen molar-refractivity contribution in [1.29, 1.82) is 0 Å². The third-order valence-corrected chi connectivity index (χ3v) is 3.11. The van der Waals surface area contributed by atoms with Gasteiger partial charge in [0.1, 0.15) is 0 Å². The molecular formula is C13H15N3O3. The van der Waals surface area contributed by atoms with Crippen LogP contribution in [0.5, 0.6) is 0 Å². The summed E-state index contributed by atoms with van der Waals surface area (Å²) in [7, 11) is 0. The Morgan fingerprint density at radius 2 is 2.00 bits per heavy atom. The van der Waals surface area contributed by atoms with E-state index in [0.717, 1.165) is 10.6 Å². The van der Waals surface area contributed by atoms with E-state index in [1.807, 2.05) is 19.1 Å². The van der Waals surface area contributed by atoms with Crippen LogP contribution in [0.1, 0.15) is 18.9 Å². The number of nitrogens with zero attached hydrogens (tertiary/aromatic N) is 2. The molecule has 0 bridgehead atoms. The van der Waals surface area contributed by atoms with Crippen molar-refractivity contribution in [3.05, 3.63) is 29.8 Å². The van der Waals surface area contributed by atoms with Crippen molar-refractivity contribution in [2.45, 2.75) is 25.8 Å². The zero-order valence-electron chi connectivity index (χ0n) is 10.8. The van der Waals surface area contributed by atoms with Crippen molar-refractivity contribution in [2.24, 2.45) is 5.10 Å². The van der Waals surface area contributed by atoms with Gasteiger partial charge in [-0.1, -0.05) is 17.7 Å². The van der Waals surface area contributed by atoms with Gasteiger partial charge in [-0.3, -0.25) is 0 Å². The van der Waals surface area contributed by atoms with Gasteiger partial charge in [-0.2, -0.15) is 10.1 Å². The van der Waals surface area contributed by atoms with Crippen LogP contribution in [-0.2, 0) is 4.79 Å². The first-order chi connectivity index (χ1) is 8.93. The van der Waals surface area contributed by atoms with Gasteiger partial charge in [-0.25, -0.2) is 9.59 Å². The van der Waals surface area contributed by atoms with E-state index in [1.165, 1.54) is 13.1 Å². The first-order valence-electron chi connectivity index (χ1n) is 5.87. The molecule has 1 atom stereocenters.